The summed E-state index contributed by atoms with van der Waals surface area (Å²) in [5.41, 5.74) is 2.87. The van der Waals surface area contributed by atoms with Gasteiger partial charge in [-0.05, 0) is 54.8 Å². The summed E-state index contributed by atoms with van der Waals surface area (Å²) in [6.07, 6.45) is 2.59. The van der Waals surface area contributed by atoms with Crippen molar-refractivity contribution in [1.82, 2.24) is 4.98 Å². The maximum atomic E-state index is 12.9. The van der Waals surface area contributed by atoms with Gasteiger partial charge in [0.2, 0.25) is 5.91 Å². The Balaban J connectivity index is 1.42. The third-order valence-electron chi connectivity index (χ3n) is 5.44. The van der Waals surface area contributed by atoms with Gasteiger partial charge < -0.3 is 9.80 Å². The second kappa shape index (κ2) is 6.70. The molecule has 2 aliphatic heterocycles. The quantitative estimate of drug-likeness (QED) is 0.690. The smallest absolute Gasteiger partial charge is 0.261 e. The summed E-state index contributed by atoms with van der Waals surface area (Å²) in [6, 6.07) is 10.2. The number of thiazole rings is 1. The Labute approximate surface area is 173 Å². The molecule has 29 heavy (non-hydrogen) atoms. The zero-order valence-electron chi connectivity index (χ0n) is 15.9. The van der Waals surface area contributed by atoms with Crippen LogP contribution < -0.4 is 14.5 Å². The van der Waals surface area contributed by atoms with E-state index in [-0.39, 0.29) is 17.2 Å². The number of likely N-dealkylation sites (N-methyl/N-ethyl adjacent to an activating group) is 1. The average Bonchev–Trinajstić information content (AvgIpc) is 3.41. The van der Waals surface area contributed by atoms with Crippen molar-refractivity contribution >= 4 is 54.0 Å². The predicted molar refractivity (Wildman–Crippen MR) is 115 cm³/mol. The van der Waals surface area contributed by atoms with Crippen molar-refractivity contribution in [2.75, 3.05) is 34.7 Å². The molecule has 0 bridgehead atoms. The van der Waals surface area contributed by atoms with E-state index in [9.17, 15) is 13.2 Å². The Morgan fingerprint density at radius 2 is 1.90 bits per heavy atom. The average molecular weight is 429 g/mol. The molecule has 9 heteroatoms. The van der Waals surface area contributed by atoms with Gasteiger partial charge in [0, 0.05) is 25.8 Å². The molecular weight excluding hydrogens is 408 g/mol. The molecule has 3 heterocycles. The summed E-state index contributed by atoms with van der Waals surface area (Å²) in [6.45, 7) is 2.05. The number of hydrogen-bond acceptors (Lipinski definition) is 6. The van der Waals surface area contributed by atoms with E-state index >= 15 is 0 Å². The first-order valence-corrected chi connectivity index (χ1v) is 11.8. The van der Waals surface area contributed by atoms with Crippen LogP contribution in [0, 0.1) is 0 Å². The maximum Gasteiger partial charge on any atom is 0.261 e. The van der Waals surface area contributed by atoms with E-state index in [1.165, 1.54) is 18.9 Å². The van der Waals surface area contributed by atoms with Crippen LogP contribution in [0.2, 0.25) is 0 Å². The first-order valence-electron chi connectivity index (χ1n) is 9.48. The molecule has 1 N–H and O–H groups in total. The van der Waals surface area contributed by atoms with Gasteiger partial charge in [-0.1, -0.05) is 11.3 Å². The zero-order valence-corrected chi connectivity index (χ0v) is 17.5. The van der Waals surface area contributed by atoms with Crippen LogP contribution in [0.4, 0.5) is 16.5 Å². The van der Waals surface area contributed by atoms with E-state index in [2.05, 4.69) is 14.6 Å². The molecule has 5 rings (SSSR count). The Morgan fingerprint density at radius 3 is 2.69 bits per heavy atom. The zero-order chi connectivity index (χ0) is 20.2. The van der Waals surface area contributed by atoms with Crippen molar-refractivity contribution in [3.05, 3.63) is 42.0 Å². The van der Waals surface area contributed by atoms with Crippen molar-refractivity contribution < 1.29 is 13.2 Å². The molecule has 1 saturated heterocycles. The lowest BCUT2D eigenvalue weighted by Gasteiger charge is -2.12. The molecule has 1 aromatic heterocycles. The summed E-state index contributed by atoms with van der Waals surface area (Å²) in [5, 5.41) is 0.991. The number of aromatic nitrogens is 1. The normalized spacial score (nSPS) is 16.7. The summed E-state index contributed by atoms with van der Waals surface area (Å²) in [4.78, 5) is 20.5. The second-order valence-electron chi connectivity index (χ2n) is 7.40. The lowest BCUT2D eigenvalue weighted by atomic mass is 10.2. The van der Waals surface area contributed by atoms with Crippen LogP contribution >= 0.6 is 11.3 Å². The molecule has 0 atom stereocenters. The fourth-order valence-corrected chi connectivity index (χ4v) is 6.00. The van der Waals surface area contributed by atoms with E-state index in [1.54, 1.807) is 41.5 Å². The molecule has 0 saturated carbocycles. The summed E-state index contributed by atoms with van der Waals surface area (Å²) < 4.78 is 29.4. The van der Waals surface area contributed by atoms with E-state index in [0.717, 1.165) is 39.7 Å². The van der Waals surface area contributed by atoms with E-state index in [1.807, 2.05) is 12.1 Å². The molecule has 0 radical (unpaired) electrons. The van der Waals surface area contributed by atoms with Crippen LogP contribution in [-0.4, -0.2) is 39.4 Å². The van der Waals surface area contributed by atoms with Gasteiger partial charge in [-0.15, -0.1) is 0 Å². The molecule has 1 fully saturated rings. The van der Waals surface area contributed by atoms with E-state index in [0.29, 0.717) is 5.69 Å². The number of anilines is 3. The van der Waals surface area contributed by atoms with Gasteiger partial charge in [0.15, 0.2) is 5.13 Å². The van der Waals surface area contributed by atoms with E-state index in [4.69, 9.17) is 0 Å². The monoisotopic (exact) mass is 428 g/mol. The first kappa shape index (κ1) is 18.4. The van der Waals surface area contributed by atoms with Gasteiger partial charge >= 0.3 is 0 Å². The molecule has 0 spiro atoms. The number of nitrogens with zero attached hydrogens (tertiary/aromatic N) is 3. The summed E-state index contributed by atoms with van der Waals surface area (Å²) in [5.74, 6) is -0.0352. The maximum absolute atomic E-state index is 12.9. The minimum absolute atomic E-state index is 0.0352. The van der Waals surface area contributed by atoms with Crippen LogP contribution in [0.25, 0.3) is 10.2 Å². The molecule has 2 aliphatic rings. The standard InChI is InChI=1S/C20H20N4O3S2/c1-23-17-7-5-15(10-13(17)11-19(23)25)29(26,27)22-14-4-6-16-18(12-14)28-20(21-16)24-8-2-3-9-24/h4-7,10,12,22H,2-3,8-9,11H2,1H3. The van der Waals surface area contributed by atoms with Gasteiger partial charge in [-0.2, -0.15) is 0 Å². The molecule has 1 amide bonds. The highest BCUT2D eigenvalue weighted by Gasteiger charge is 2.26. The second-order valence-corrected chi connectivity index (χ2v) is 10.1. The SMILES string of the molecule is CN1C(=O)Cc2cc(S(=O)(=O)Nc3ccc4nc(N5CCCC5)sc4c3)ccc21. The molecule has 2 aromatic carbocycles. The van der Waals surface area contributed by atoms with Crippen molar-refractivity contribution in [2.24, 2.45) is 0 Å². The number of rotatable bonds is 4. The van der Waals surface area contributed by atoms with Crippen molar-refractivity contribution in [3.63, 3.8) is 0 Å². The number of benzene rings is 2. The first-order chi connectivity index (χ1) is 13.9. The highest BCUT2D eigenvalue weighted by molar-refractivity contribution is 7.92. The highest BCUT2D eigenvalue weighted by Crippen LogP contribution is 2.34. The minimum Gasteiger partial charge on any atom is -0.348 e. The Bertz CT molecular complexity index is 1230. The number of hydrogen-bond donors (Lipinski definition) is 1. The molecule has 0 aliphatic carbocycles. The van der Waals surface area contributed by atoms with Gasteiger partial charge in [0.05, 0.1) is 27.2 Å². The van der Waals surface area contributed by atoms with E-state index < -0.39 is 10.0 Å². The Morgan fingerprint density at radius 1 is 1.10 bits per heavy atom. The van der Waals surface area contributed by atoms with Gasteiger partial charge in [0.25, 0.3) is 10.0 Å². The minimum atomic E-state index is -3.75. The van der Waals surface area contributed by atoms with Crippen LogP contribution in [0.15, 0.2) is 41.3 Å². The number of carbonyl (C=O) groups is 1. The van der Waals surface area contributed by atoms with Crippen LogP contribution in [0.1, 0.15) is 18.4 Å². The predicted octanol–water partition coefficient (Wildman–Crippen LogP) is 3.22. The van der Waals surface area contributed by atoms with Crippen molar-refractivity contribution in [3.8, 4) is 0 Å². The Kier molecular flexibility index (Phi) is 4.25. The summed E-state index contributed by atoms with van der Waals surface area (Å²) >= 11 is 1.58. The third kappa shape index (κ3) is 3.24. The lowest BCUT2D eigenvalue weighted by molar-refractivity contribution is -0.117. The molecule has 7 nitrogen and oxygen atoms in total. The van der Waals surface area contributed by atoms with Crippen LogP contribution in [0.5, 0.6) is 0 Å². The van der Waals surface area contributed by atoms with Crippen molar-refractivity contribution in [2.45, 2.75) is 24.2 Å². The molecular formula is C20H20N4O3S2. The lowest BCUT2D eigenvalue weighted by Crippen LogP contribution is -2.20. The Hall–Kier alpha value is -2.65. The van der Waals surface area contributed by atoms with Gasteiger partial charge in [0.1, 0.15) is 0 Å². The number of fused-ring (bicyclic) bond motifs is 2. The van der Waals surface area contributed by atoms with Gasteiger partial charge in [-0.3, -0.25) is 9.52 Å². The number of sulfonamides is 1. The number of carbonyl (C=O) groups excluding carboxylic acids is 1. The topological polar surface area (TPSA) is 82.6 Å². The number of nitrogens with one attached hydrogen (secondary N) is 1. The molecule has 3 aromatic rings. The third-order valence-corrected chi connectivity index (χ3v) is 7.90. The molecule has 150 valence electrons. The fraction of sp³-hybridized carbons (Fsp3) is 0.300. The number of amides is 1. The van der Waals surface area contributed by atoms with Crippen LogP contribution in [0.3, 0.4) is 0 Å². The molecule has 0 unspecified atom stereocenters. The fourth-order valence-electron chi connectivity index (χ4n) is 3.85. The van der Waals surface area contributed by atoms with Crippen LogP contribution in [-0.2, 0) is 21.2 Å². The van der Waals surface area contributed by atoms with Gasteiger partial charge in [-0.25, -0.2) is 13.4 Å². The summed E-state index contributed by atoms with van der Waals surface area (Å²) in [7, 11) is -2.06. The largest absolute Gasteiger partial charge is 0.348 e. The highest BCUT2D eigenvalue weighted by atomic mass is 32.2. The van der Waals surface area contributed by atoms with Crippen molar-refractivity contribution in [1.29, 1.82) is 0 Å².